The van der Waals surface area contributed by atoms with E-state index in [1.165, 1.54) is 0 Å². The van der Waals surface area contributed by atoms with Crippen molar-refractivity contribution in [2.75, 3.05) is 13.2 Å². The van der Waals surface area contributed by atoms with Crippen LogP contribution >= 0.6 is 11.3 Å². The number of morpholine rings is 1. The largest absolute Gasteiger partial charge is 0.360 e. The van der Waals surface area contributed by atoms with Crippen LogP contribution < -0.4 is 5.32 Å². The van der Waals surface area contributed by atoms with Gasteiger partial charge in [-0.25, -0.2) is 4.98 Å². The molecule has 1 amide bonds. The van der Waals surface area contributed by atoms with Crippen LogP contribution in [0.25, 0.3) is 10.6 Å². The summed E-state index contributed by atoms with van der Waals surface area (Å²) in [6.07, 6.45) is -0.128. The number of rotatable bonds is 2. The topological polar surface area (TPSA) is 51.2 Å². The lowest BCUT2D eigenvalue weighted by Crippen LogP contribution is -2.38. The van der Waals surface area contributed by atoms with Gasteiger partial charge >= 0.3 is 0 Å². The molecule has 3 rings (SSSR count). The van der Waals surface area contributed by atoms with E-state index in [0.29, 0.717) is 6.54 Å². The zero-order valence-electron chi connectivity index (χ0n) is 9.63. The molecule has 0 radical (unpaired) electrons. The maximum atomic E-state index is 11.0. The lowest BCUT2D eigenvalue weighted by molar-refractivity contribution is -0.133. The zero-order valence-corrected chi connectivity index (χ0v) is 10.4. The quantitative estimate of drug-likeness (QED) is 0.898. The molecule has 0 spiro atoms. The molecule has 1 aromatic carbocycles. The van der Waals surface area contributed by atoms with Crippen molar-refractivity contribution in [1.82, 2.24) is 10.3 Å². The highest BCUT2D eigenvalue weighted by atomic mass is 32.1. The van der Waals surface area contributed by atoms with Crippen LogP contribution in [-0.4, -0.2) is 24.0 Å². The summed E-state index contributed by atoms with van der Waals surface area (Å²) in [6.45, 7) is 0.611. The Balaban J connectivity index is 1.80. The van der Waals surface area contributed by atoms with E-state index in [1.54, 1.807) is 11.3 Å². The molecule has 1 unspecified atom stereocenters. The highest BCUT2D eigenvalue weighted by Crippen LogP contribution is 2.27. The van der Waals surface area contributed by atoms with E-state index < -0.39 is 0 Å². The van der Waals surface area contributed by atoms with Gasteiger partial charge in [0.15, 0.2) is 0 Å². The summed E-state index contributed by atoms with van der Waals surface area (Å²) in [4.78, 5) is 15.6. The van der Waals surface area contributed by atoms with E-state index in [2.05, 4.69) is 10.3 Å². The number of hydrogen-bond donors (Lipinski definition) is 1. The van der Waals surface area contributed by atoms with Gasteiger partial charge in [-0.2, -0.15) is 0 Å². The maximum absolute atomic E-state index is 11.0. The minimum absolute atomic E-state index is 0.0650. The fraction of sp³-hybridized carbons (Fsp3) is 0.231. The molecule has 1 N–H and O–H groups in total. The third kappa shape index (κ3) is 2.27. The summed E-state index contributed by atoms with van der Waals surface area (Å²) >= 11 is 1.59. The predicted octanol–water partition coefficient (Wildman–Crippen LogP) is 2.00. The van der Waals surface area contributed by atoms with Crippen LogP contribution in [0.15, 0.2) is 35.7 Å². The number of nitrogens with zero attached hydrogens (tertiary/aromatic N) is 1. The summed E-state index contributed by atoms with van der Waals surface area (Å²) in [7, 11) is 0. The van der Waals surface area contributed by atoms with Gasteiger partial charge in [-0.15, -0.1) is 11.3 Å². The van der Waals surface area contributed by atoms with Crippen LogP contribution in [0.3, 0.4) is 0 Å². The number of carbonyl (C=O) groups excluding carboxylic acids is 1. The average molecular weight is 260 g/mol. The average Bonchev–Trinajstić information content (AvgIpc) is 2.90. The second-order valence-electron chi connectivity index (χ2n) is 4.05. The molecule has 2 aromatic rings. The number of amides is 1. The Morgan fingerprint density at radius 2 is 2.17 bits per heavy atom. The first-order valence-corrected chi connectivity index (χ1v) is 6.60. The number of carbonyl (C=O) groups is 1. The van der Waals surface area contributed by atoms with Gasteiger partial charge in [0.25, 0.3) is 0 Å². The molecule has 1 fully saturated rings. The van der Waals surface area contributed by atoms with Gasteiger partial charge in [0.1, 0.15) is 17.7 Å². The maximum Gasteiger partial charge on any atom is 0.246 e. The number of hydrogen-bond acceptors (Lipinski definition) is 4. The van der Waals surface area contributed by atoms with Crippen LogP contribution in [0.5, 0.6) is 0 Å². The monoisotopic (exact) mass is 260 g/mol. The Morgan fingerprint density at radius 1 is 1.33 bits per heavy atom. The van der Waals surface area contributed by atoms with Gasteiger partial charge in [-0.05, 0) is 0 Å². The van der Waals surface area contributed by atoms with Crippen molar-refractivity contribution < 1.29 is 9.53 Å². The third-order valence-electron chi connectivity index (χ3n) is 2.77. The second kappa shape index (κ2) is 4.88. The Morgan fingerprint density at radius 3 is 2.89 bits per heavy atom. The van der Waals surface area contributed by atoms with Crippen molar-refractivity contribution in [2.24, 2.45) is 0 Å². The van der Waals surface area contributed by atoms with Crippen LogP contribution in [-0.2, 0) is 9.53 Å². The normalized spacial score (nSPS) is 19.6. The van der Waals surface area contributed by atoms with Crippen LogP contribution in [0.1, 0.15) is 11.8 Å². The molecule has 0 aliphatic carbocycles. The van der Waals surface area contributed by atoms with Crippen molar-refractivity contribution in [3.8, 4) is 10.6 Å². The Hall–Kier alpha value is -1.72. The van der Waals surface area contributed by atoms with Gasteiger partial charge in [0, 0.05) is 17.5 Å². The van der Waals surface area contributed by atoms with E-state index >= 15 is 0 Å². The summed E-state index contributed by atoms with van der Waals surface area (Å²) in [6, 6.07) is 10.0. The van der Waals surface area contributed by atoms with Crippen LogP contribution in [0.4, 0.5) is 0 Å². The first-order chi connectivity index (χ1) is 8.83. The standard InChI is InChI=1S/C13H12N2O2S/c16-12-7-17-11(6-14-12)10-8-18-13(15-10)9-4-2-1-3-5-9/h1-5,8,11H,6-7H2,(H,14,16). The molecule has 0 bridgehead atoms. The van der Waals surface area contributed by atoms with E-state index in [-0.39, 0.29) is 18.6 Å². The van der Waals surface area contributed by atoms with Gasteiger partial charge < -0.3 is 10.1 Å². The molecule has 4 nitrogen and oxygen atoms in total. The first-order valence-electron chi connectivity index (χ1n) is 5.72. The molecule has 92 valence electrons. The van der Waals surface area contributed by atoms with Crippen molar-refractivity contribution >= 4 is 17.2 Å². The molecule has 5 heteroatoms. The van der Waals surface area contributed by atoms with Crippen LogP contribution in [0, 0.1) is 0 Å². The fourth-order valence-corrected chi connectivity index (χ4v) is 2.70. The molecule has 1 aliphatic rings. The summed E-state index contributed by atoms with van der Waals surface area (Å²) < 4.78 is 5.46. The van der Waals surface area contributed by atoms with Gasteiger partial charge in [0.05, 0.1) is 5.69 Å². The molecule has 1 saturated heterocycles. The lowest BCUT2D eigenvalue weighted by Gasteiger charge is -2.21. The summed E-state index contributed by atoms with van der Waals surface area (Å²) in [5.41, 5.74) is 1.99. The number of benzene rings is 1. The Bertz CT molecular complexity index is 543. The van der Waals surface area contributed by atoms with E-state index in [4.69, 9.17) is 4.74 Å². The van der Waals surface area contributed by atoms with Crippen LogP contribution in [0.2, 0.25) is 0 Å². The number of nitrogens with one attached hydrogen (secondary N) is 1. The molecule has 18 heavy (non-hydrogen) atoms. The van der Waals surface area contributed by atoms with Crippen molar-refractivity contribution in [1.29, 1.82) is 0 Å². The Labute approximate surface area is 109 Å². The lowest BCUT2D eigenvalue weighted by atomic mass is 10.2. The highest BCUT2D eigenvalue weighted by molar-refractivity contribution is 7.13. The van der Waals surface area contributed by atoms with Crippen molar-refractivity contribution in [2.45, 2.75) is 6.10 Å². The highest BCUT2D eigenvalue weighted by Gasteiger charge is 2.22. The number of aromatic nitrogens is 1. The van der Waals surface area contributed by atoms with Gasteiger partial charge in [-0.1, -0.05) is 30.3 Å². The van der Waals surface area contributed by atoms with Crippen molar-refractivity contribution in [3.05, 3.63) is 41.4 Å². The molecule has 1 aromatic heterocycles. The first kappa shape index (κ1) is 11.4. The molecular weight excluding hydrogens is 248 g/mol. The van der Waals surface area contributed by atoms with Gasteiger partial charge in [-0.3, -0.25) is 4.79 Å². The summed E-state index contributed by atoms with van der Waals surface area (Å²) in [5.74, 6) is -0.0650. The molecule has 2 heterocycles. The minimum Gasteiger partial charge on any atom is -0.360 e. The molecule has 1 aliphatic heterocycles. The second-order valence-corrected chi connectivity index (χ2v) is 4.91. The third-order valence-corrected chi connectivity index (χ3v) is 3.68. The fourth-order valence-electron chi connectivity index (χ4n) is 1.83. The van der Waals surface area contributed by atoms with Gasteiger partial charge in [0.2, 0.25) is 5.91 Å². The minimum atomic E-state index is -0.128. The smallest absolute Gasteiger partial charge is 0.246 e. The molecule has 1 atom stereocenters. The van der Waals surface area contributed by atoms with E-state index in [0.717, 1.165) is 16.3 Å². The molecular formula is C13H12N2O2S. The number of thiazole rings is 1. The predicted molar refractivity (Wildman–Crippen MR) is 69.3 cm³/mol. The Kier molecular flexibility index (Phi) is 3.08. The van der Waals surface area contributed by atoms with E-state index in [9.17, 15) is 4.79 Å². The summed E-state index contributed by atoms with van der Waals surface area (Å²) in [5, 5.41) is 5.75. The van der Waals surface area contributed by atoms with E-state index in [1.807, 2.05) is 35.7 Å². The number of ether oxygens (including phenoxy) is 1. The zero-order chi connectivity index (χ0) is 12.4. The van der Waals surface area contributed by atoms with Crippen molar-refractivity contribution in [3.63, 3.8) is 0 Å². The SMILES string of the molecule is O=C1COC(c2csc(-c3ccccc3)n2)CN1. The molecule has 0 saturated carbocycles.